The predicted octanol–water partition coefficient (Wildman–Crippen LogP) is -0.102. The smallest absolute Gasteiger partial charge is 0.243 e. The minimum absolute atomic E-state index is 0.0941. The van der Waals surface area contributed by atoms with Crippen molar-refractivity contribution in [1.29, 1.82) is 0 Å². The first kappa shape index (κ1) is 12.6. The van der Waals surface area contributed by atoms with E-state index >= 15 is 0 Å². The van der Waals surface area contributed by atoms with Crippen molar-refractivity contribution in [3.63, 3.8) is 0 Å². The molecule has 0 aliphatic carbocycles. The molecule has 1 aliphatic heterocycles. The molecule has 7 nitrogen and oxygen atoms in total. The maximum Gasteiger partial charge on any atom is 0.243 e. The number of amides is 2. The van der Waals surface area contributed by atoms with Gasteiger partial charge in [-0.15, -0.1) is 0 Å². The Morgan fingerprint density at radius 3 is 3.05 bits per heavy atom. The first-order valence-electron chi connectivity index (χ1n) is 6.39. The fraction of sp³-hybridized carbons (Fsp3) is 0.308. The number of carbonyl (C=O) groups excluding carboxylic acids is 2. The molecule has 2 aromatic rings. The second-order valence-electron chi connectivity index (χ2n) is 4.78. The number of nitrogens with one attached hydrogen (secondary N) is 4. The van der Waals surface area contributed by atoms with E-state index < -0.39 is 6.04 Å². The van der Waals surface area contributed by atoms with E-state index in [9.17, 15) is 9.59 Å². The third-order valence-electron chi connectivity index (χ3n) is 3.20. The maximum atomic E-state index is 12.1. The summed E-state index contributed by atoms with van der Waals surface area (Å²) in [5.74, 6) is 0.573. The number of fused-ring (bicyclic) bond motifs is 1. The fourth-order valence-electron chi connectivity index (χ4n) is 2.20. The van der Waals surface area contributed by atoms with Gasteiger partial charge >= 0.3 is 0 Å². The van der Waals surface area contributed by atoms with Crippen LogP contribution in [0.4, 0.5) is 5.69 Å². The number of hydrogen-bond donors (Lipinski definition) is 4. The van der Waals surface area contributed by atoms with E-state index in [0.717, 1.165) is 16.9 Å². The minimum Gasteiger partial charge on any atom is -0.353 e. The summed E-state index contributed by atoms with van der Waals surface area (Å²) in [6, 6.07) is 5.09. The summed E-state index contributed by atoms with van der Waals surface area (Å²) in [5.41, 5.74) is 2.44. The Kier molecular flexibility index (Phi) is 3.11. The van der Waals surface area contributed by atoms with E-state index in [1.54, 1.807) is 0 Å². The number of H-pyrrole nitrogens is 1. The number of anilines is 1. The van der Waals surface area contributed by atoms with Crippen LogP contribution < -0.4 is 16.0 Å². The van der Waals surface area contributed by atoms with Gasteiger partial charge in [-0.25, -0.2) is 4.98 Å². The van der Waals surface area contributed by atoms with Crippen LogP contribution in [0.3, 0.4) is 0 Å². The lowest BCUT2D eigenvalue weighted by Crippen LogP contribution is -2.56. The second kappa shape index (κ2) is 4.93. The quantitative estimate of drug-likeness (QED) is 0.614. The van der Waals surface area contributed by atoms with Gasteiger partial charge in [-0.2, -0.15) is 0 Å². The highest BCUT2D eigenvalue weighted by molar-refractivity contribution is 5.97. The van der Waals surface area contributed by atoms with Gasteiger partial charge in [0.25, 0.3) is 0 Å². The van der Waals surface area contributed by atoms with Crippen molar-refractivity contribution in [3.8, 4) is 0 Å². The molecule has 0 bridgehead atoms. The molecule has 0 radical (unpaired) electrons. The number of aromatic nitrogens is 2. The summed E-state index contributed by atoms with van der Waals surface area (Å²) in [4.78, 5) is 30.5. The topological polar surface area (TPSA) is 98.9 Å². The zero-order chi connectivity index (χ0) is 14.1. The van der Waals surface area contributed by atoms with Gasteiger partial charge in [-0.1, -0.05) is 0 Å². The highest BCUT2D eigenvalue weighted by atomic mass is 16.2. The molecule has 2 amide bonds. The molecule has 1 atom stereocenters. The van der Waals surface area contributed by atoms with Crippen LogP contribution in [0.15, 0.2) is 18.2 Å². The zero-order valence-corrected chi connectivity index (χ0v) is 11.0. The van der Waals surface area contributed by atoms with Crippen molar-refractivity contribution in [2.24, 2.45) is 0 Å². The van der Waals surface area contributed by atoms with E-state index in [0.29, 0.717) is 12.2 Å². The number of aryl methyl sites for hydroxylation is 1. The Morgan fingerprint density at radius 2 is 2.30 bits per heavy atom. The lowest BCUT2D eigenvalue weighted by atomic mass is 10.2. The van der Waals surface area contributed by atoms with Gasteiger partial charge in [0.1, 0.15) is 11.9 Å². The van der Waals surface area contributed by atoms with Crippen molar-refractivity contribution in [1.82, 2.24) is 20.6 Å². The molecule has 1 unspecified atom stereocenters. The Morgan fingerprint density at radius 1 is 1.45 bits per heavy atom. The molecule has 1 saturated heterocycles. The monoisotopic (exact) mass is 273 g/mol. The molecule has 2 heterocycles. The largest absolute Gasteiger partial charge is 0.353 e. The standard InChI is InChI=1S/C13H15N5O2/c1-7-16-9-3-2-8(4-10(9)17-7)18-13(20)11-5-15-12(19)6-14-11/h2-4,11,14H,5-6H2,1H3,(H,15,19)(H,16,17)(H,18,20). The molecule has 1 aliphatic rings. The van der Waals surface area contributed by atoms with Gasteiger partial charge in [-0.05, 0) is 25.1 Å². The van der Waals surface area contributed by atoms with Crippen LogP contribution in [0.5, 0.6) is 0 Å². The number of rotatable bonds is 2. The van der Waals surface area contributed by atoms with E-state index in [-0.39, 0.29) is 18.4 Å². The van der Waals surface area contributed by atoms with Crippen LogP contribution in [0.1, 0.15) is 5.82 Å². The zero-order valence-electron chi connectivity index (χ0n) is 11.0. The van der Waals surface area contributed by atoms with E-state index in [1.165, 1.54) is 0 Å². The molecule has 0 saturated carbocycles. The van der Waals surface area contributed by atoms with Crippen molar-refractivity contribution in [2.45, 2.75) is 13.0 Å². The third-order valence-corrected chi connectivity index (χ3v) is 3.20. The Hall–Kier alpha value is -2.41. The summed E-state index contributed by atoms with van der Waals surface area (Å²) >= 11 is 0. The average molecular weight is 273 g/mol. The molecular weight excluding hydrogens is 258 g/mol. The van der Waals surface area contributed by atoms with E-state index in [2.05, 4.69) is 25.9 Å². The molecule has 1 fully saturated rings. The van der Waals surface area contributed by atoms with Gasteiger partial charge < -0.3 is 15.6 Å². The SMILES string of the molecule is Cc1nc2ccc(NC(=O)C3CNC(=O)CN3)cc2[nH]1. The Bertz CT molecular complexity index is 668. The molecule has 1 aromatic carbocycles. The van der Waals surface area contributed by atoms with Gasteiger partial charge in [-0.3, -0.25) is 14.9 Å². The Labute approximate surface area is 115 Å². The highest BCUT2D eigenvalue weighted by Crippen LogP contribution is 2.17. The number of carbonyl (C=O) groups is 2. The summed E-state index contributed by atoms with van der Waals surface area (Å²) in [6.07, 6.45) is 0. The molecule has 1 aromatic heterocycles. The molecule has 0 spiro atoms. The van der Waals surface area contributed by atoms with Gasteiger partial charge in [0, 0.05) is 12.2 Å². The van der Waals surface area contributed by atoms with Crippen molar-refractivity contribution < 1.29 is 9.59 Å². The number of piperazine rings is 1. The normalized spacial score (nSPS) is 18.9. The van der Waals surface area contributed by atoms with Crippen molar-refractivity contribution in [2.75, 3.05) is 18.4 Å². The number of hydrogen-bond acceptors (Lipinski definition) is 4. The number of imidazole rings is 1. The lowest BCUT2D eigenvalue weighted by Gasteiger charge is -2.23. The molecule has 104 valence electrons. The fourth-order valence-corrected chi connectivity index (χ4v) is 2.20. The lowest BCUT2D eigenvalue weighted by molar-refractivity contribution is -0.124. The van der Waals surface area contributed by atoms with Crippen molar-refractivity contribution in [3.05, 3.63) is 24.0 Å². The van der Waals surface area contributed by atoms with E-state index in [4.69, 9.17) is 0 Å². The molecule has 20 heavy (non-hydrogen) atoms. The van der Waals surface area contributed by atoms with Crippen molar-refractivity contribution >= 4 is 28.5 Å². The summed E-state index contributed by atoms with van der Waals surface area (Å²) in [7, 11) is 0. The van der Waals surface area contributed by atoms with Crippen LogP contribution in [0.25, 0.3) is 11.0 Å². The second-order valence-corrected chi connectivity index (χ2v) is 4.78. The minimum atomic E-state index is -0.410. The number of nitrogens with zero attached hydrogens (tertiary/aromatic N) is 1. The van der Waals surface area contributed by atoms with Gasteiger partial charge in [0.05, 0.1) is 17.6 Å². The van der Waals surface area contributed by atoms with E-state index in [1.807, 2.05) is 25.1 Å². The average Bonchev–Trinajstić information content (AvgIpc) is 2.78. The number of benzene rings is 1. The highest BCUT2D eigenvalue weighted by Gasteiger charge is 2.23. The third kappa shape index (κ3) is 2.48. The summed E-state index contributed by atoms with van der Waals surface area (Å²) < 4.78 is 0. The van der Waals surface area contributed by atoms with Crippen LogP contribution in [-0.2, 0) is 9.59 Å². The predicted molar refractivity (Wildman–Crippen MR) is 74.3 cm³/mol. The first-order valence-corrected chi connectivity index (χ1v) is 6.39. The maximum absolute atomic E-state index is 12.1. The summed E-state index contributed by atoms with van der Waals surface area (Å²) in [5, 5.41) is 8.37. The molecular formula is C13H15N5O2. The van der Waals surface area contributed by atoms with Crippen LogP contribution >= 0.6 is 0 Å². The van der Waals surface area contributed by atoms with Crippen LogP contribution in [-0.4, -0.2) is 40.9 Å². The van der Waals surface area contributed by atoms with Crippen LogP contribution in [0.2, 0.25) is 0 Å². The molecule has 3 rings (SSSR count). The summed E-state index contributed by atoms with van der Waals surface area (Å²) in [6.45, 7) is 2.35. The number of aromatic amines is 1. The molecule has 7 heteroatoms. The van der Waals surface area contributed by atoms with Gasteiger partial charge in [0.15, 0.2) is 0 Å². The Balaban J connectivity index is 1.72. The molecule has 4 N–H and O–H groups in total. The van der Waals surface area contributed by atoms with Gasteiger partial charge in [0.2, 0.25) is 11.8 Å². The first-order chi connectivity index (χ1) is 9.61. The van der Waals surface area contributed by atoms with Crippen LogP contribution in [0, 0.1) is 6.92 Å².